The summed E-state index contributed by atoms with van der Waals surface area (Å²) in [6, 6.07) is 0. The van der Waals surface area contributed by atoms with Gasteiger partial charge in [0.2, 0.25) is 0 Å². The molecule has 1 aromatic rings. The number of aliphatic carboxylic acids is 1. The molecule has 0 bridgehead atoms. The third-order valence-electron chi connectivity index (χ3n) is 1.28. The van der Waals surface area contributed by atoms with Crippen LogP contribution < -0.4 is 5.32 Å². The number of hydrogen-bond donors (Lipinski definition) is 2. The van der Waals surface area contributed by atoms with Crippen molar-refractivity contribution in [2.24, 2.45) is 0 Å². The van der Waals surface area contributed by atoms with Crippen molar-refractivity contribution < 1.29 is 14.7 Å². The average molecular weight is 260 g/mol. The number of aromatic nitrogens is 2. The van der Waals surface area contributed by atoms with E-state index in [4.69, 9.17) is 5.11 Å². The summed E-state index contributed by atoms with van der Waals surface area (Å²) < 4.78 is 0.419. The highest BCUT2D eigenvalue weighted by atomic mass is 79.9. The lowest BCUT2D eigenvalue weighted by Crippen LogP contribution is -2.30. The molecule has 1 heterocycles. The van der Waals surface area contributed by atoms with Crippen molar-refractivity contribution in [3.63, 3.8) is 0 Å². The maximum absolute atomic E-state index is 11.3. The molecule has 14 heavy (non-hydrogen) atoms. The Balaban J connectivity index is 2.70. The second-order valence-corrected chi connectivity index (χ2v) is 3.15. The Morgan fingerprint density at radius 1 is 1.57 bits per heavy atom. The number of carbonyl (C=O) groups is 2. The highest BCUT2D eigenvalue weighted by Gasteiger charge is 2.11. The predicted molar refractivity (Wildman–Crippen MR) is 49.7 cm³/mol. The number of amides is 1. The molecular weight excluding hydrogens is 254 g/mol. The second-order valence-electron chi connectivity index (χ2n) is 2.30. The van der Waals surface area contributed by atoms with Gasteiger partial charge in [-0.3, -0.25) is 9.59 Å². The minimum absolute atomic E-state index is 0.112. The van der Waals surface area contributed by atoms with E-state index in [0.29, 0.717) is 4.47 Å². The number of nitrogens with zero attached hydrogens (tertiary/aromatic N) is 2. The normalized spacial score (nSPS) is 9.50. The fourth-order valence-electron chi connectivity index (χ4n) is 0.719. The molecule has 0 fully saturated rings. The minimum Gasteiger partial charge on any atom is -0.480 e. The van der Waals surface area contributed by atoms with E-state index in [2.05, 4.69) is 31.2 Å². The molecule has 2 N–H and O–H groups in total. The molecular formula is C7H6BrN3O3. The van der Waals surface area contributed by atoms with Gasteiger partial charge >= 0.3 is 5.97 Å². The lowest BCUT2D eigenvalue weighted by atomic mass is 10.4. The molecule has 0 aliphatic carbocycles. The molecule has 0 aliphatic rings. The van der Waals surface area contributed by atoms with Crippen LogP contribution >= 0.6 is 15.9 Å². The van der Waals surface area contributed by atoms with Crippen LogP contribution in [0.1, 0.15) is 10.5 Å². The summed E-state index contributed by atoms with van der Waals surface area (Å²) in [5.74, 6) is -1.66. The van der Waals surface area contributed by atoms with Crippen LogP contribution in [0.25, 0.3) is 0 Å². The first-order valence-corrected chi connectivity index (χ1v) is 4.36. The maximum atomic E-state index is 11.3. The second kappa shape index (κ2) is 4.66. The Kier molecular flexibility index (Phi) is 3.52. The fraction of sp³-hybridized carbons (Fsp3) is 0.143. The van der Waals surface area contributed by atoms with Gasteiger partial charge in [-0.05, 0) is 15.9 Å². The van der Waals surface area contributed by atoms with Crippen molar-refractivity contribution in [3.05, 3.63) is 22.7 Å². The monoisotopic (exact) mass is 259 g/mol. The van der Waals surface area contributed by atoms with Gasteiger partial charge < -0.3 is 10.4 Å². The van der Waals surface area contributed by atoms with Gasteiger partial charge in [0.05, 0.1) is 4.47 Å². The van der Waals surface area contributed by atoms with Crippen LogP contribution in [0.5, 0.6) is 0 Å². The lowest BCUT2D eigenvalue weighted by molar-refractivity contribution is -0.135. The van der Waals surface area contributed by atoms with E-state index in [1.165, 1.54) is 12.5 Å². The van der Waals surface area contributed by atoms with Crippen molar-refractivity contribution in [1.82, 2.24) is 15.3 Å². The van der Waals surface area contributed by atoms with E-state index in [1.807, 2.05) is 0 Å². The zero-order valence-electron chi connectivity index (χ0n) is 6.90. The predicted octanol–water partition coefficient (Wildman–Crippen LogP) is 0.0535. The highest BCUT2D eigenvalue weighted by Crippen LogP contribution is 2.10. The summed E-state index contributed by atoms with van der Waals surface area (Å²) >= 11 is 3.07. The average Bonchev–Trinajstić information content (AvgIpc) is 2.15. The van der Waals surface area contributed by atoms with Gasteiger partial charge in [-0.25, -0.2) is 9.97 Å². The van der Waals surface area contributed by atoms with Crippen molar-refractivity contribution in [2.45, 2.75) is 0 Å². The zero-order chi connectivity index (χ0) is 10.6. The Morgan fingerprint density at radius 3 is 2.86 bits per heavy atom. The summed E-state index contributed by atoms with van der Waals surface area (Å²) in [6.07, 6.45) is 2.61. The van der Waals surface area contributed by atoms with E-state index >= 15 is 0 Å². The number of halogens is 1. The smallest absolute Gasteiger partial charge is 0.322 e. The molecule has 0 atom stereocenters. The van der Waals surface area contributed by atoms with Gasteiger partial charge in [0.25, 0.3) is 5.91 Å². The minimum atomic E-state index is -1.11. The topological polar surface area (TPSA) is 92.2 Å². The summed E-state index contributed by atoms with van der Waals surface area (Å²) in [5.41, 5.74) is 0.112. The molecule has 0 saturated carbocycles. The zero-order valence-corrected chi connectivity index (χ0v) is 8.48. The largest absolute Gasteiger partial charge is 0.480 e. The fourth-order valence-corrected chi connectivity index (χ4v) is 1.12. The quantitative estimate of drug-likeness (QED) is 0.801. The van der Waals surface area contributed by atoms with Crippen LogP contribution in [-0.2, 0) is 4.79 Å². The van der Waals surface area contributed by atoms with Gasteiger partial charge in [-0.1, -0.05) is 0 Å². The molecule has 0 spiro atoms. The van der Waals surface area contributed by atoms with E-state index in [1.54, 1.807) is 0 Å². The summed E-state index contributed by atoms with van der Waals surface area (Å²) in [6.45, 7) is -0.435. The molecule has 0 aliphatic heterocycles. The van der Waals surface area contributed by atoms with Gasteiger partial charge in [0.15, 0.2) is 0 Å². The Labute approximate surface area is 87.5 Å². The van der Waals surface area contributed by atoms with E-state index in [0.717, 1.165) is 0 Å². The molecule has 7 heteroatoms. The molecule has 6 nitrogen and oxygen atoms in total. The van der Waals surface area contributed by atoms with Crippen molar-refractivity contribution in [1.29, 1.82) is 0 Å². The van der Waals surface area contributed by atoms with Crippen LogP contribution in [-0.4, -0.2) is 33.5 Å². The molecule has 0 saturated heterocycles. The third kappa shape index (κ3) is 2.77. The van der Waals surface area contributed by atoms with Crippen LogP contribution in [0.3, 0.4) is 0 Å². The van der Waals surface area contributed by atoms with Gasteiger partial charge in [-0.2, -0.15) is 0 Å². The Morgan fingerprint density at radius 2 is 2.29 bits per heavy atom. The van der Waals surface area contributed by atoms with Crippen LogP contribution in [0.15, 0.2) is 17.0 Å². The van der Waals surface area contributed by atoms with Crippen molar-refractivity contribution in [3.8, 4) is 0 Å². The van der Waals surface area contributed by atoms with Crippen LogP contribution in [0.4, 0.5) is 0 Å². The maximum Gasteiger partial charge on any atom is 0.322 e. The summed E-state index contributed by atoms with van der Waals surface area (Å²) in [7, 11) is 0. The molecule has 1 amide bonds. The number of carboxylic acids is 1. The molecule has 0 unspecified atom stereocenters. The molecule has 1 aromatic heterocycles. The van der Waals surface area contributed by atoms with Gasteiger partial charge in [-0.15, -0.1) is 0 Å². The molecule has 1 rings (SSSR count). The lowest BCUT2D eigenvalue weighted by Gasteiger charge is -2.02. The Bertz CT molecular complexity index is 369. The van der Waals surface area contributed by atoms with Gasteiger partial charge in [0, 0.05) is 6.20 Å². The first-order valence-electron chi connectivity index (χ1n) is 3.56. The molecule has 0 aromatic carbocycles. The Hall–Kier alpha value is -1.50. The molecule has 0 radical (unpaired) electrons. The first kappa shape index (κ1) is 10.6. The van der Waals surface area contributed by atoms with Crippen LogP contribution in [0.2, 0.25) is 0 Å². The first-order chi connectivity index (χ1) is 6.61. The molecule has 74 valence electrons. The third-order valence-corrected chi connectivity index (χ3v) is 1.86. The van der Waals surface area contributed by atoms with Crippen molar-refractivity contribution >= 4 is 27.8 Å². The van der Waals surface area contributed by atoms with Gasteiger partial charge in [0.1, 0.15) is 18.6 Å². The number of carboxylic acid groups (broad SMARTS) is 1. The summed E-state index contributed by atoms with van der Waals surface area (Å²) in [5, 5.41) is 10.5. The number of hydrogen-bond acceptors (Lipinski definition) is 4. The van der Waals surface area contributed by atoms with Crippen LogP contribution in [0, 0.1) is 0 Å². The summed E-state index contributed by atoms with van der Waals surface area (Å²) in [4.78, 5) is 28.8. The van der Waals surface area contributed by atoms with E-state index < -0.39 is 18.4 Å². The number of nitrogens with one attached hydrogen (secondary N) is 1. The number of carbonyl (C=O) groups excluding carboxylic acids is 1. The van der Waals surface area contributed by atoms with E-state index in [-0.39, 0.29) is 5.69 Å². The number of rotatable bonds is 3. The standard InChI is InChI=1S/C7H6BrN3O3/c8-4-1-9-3-11-6(4)7(14)10-2-5(12)13/h1,3H,2H2,(H,10,14)(H,12,13). The van der Waals surface area contributed by atoms with E-state index in [9.17, 15) is 9.59 Å². The SMILES string of the molecule is O=C(O)CNC(=O)c1ncncc1Br. The highest BCUT2D eigenvalue weighted by molar-refractivity contribution is 9.10. The van der Waals surface area contributed by atoms with Crippen molar-refractivity contribution in [2.75, 3.05) is 6.54 Å².